The number of hydrogen-bond acceptors (Lipinski definition) is 3. The predicted molar refractivity (Wildman–Crippen MR) is 56.1 cm³/mol. The Balaban J connectivity index is 2.40. The minimum atomic E-state index is 0.575. The van der Waals surface area contributed by atoms with Crippen molar-refractivity contribution in [3.05, 3.63) is 35.8 Å². The third-order valence-corrected chi connectivity index (χ3v) is 2.17. The molecule has 0 aliphatic heterocycles. The van der Waals surface area contributed by atoms with E-state index >= 15 is 0 Å². The molecule has 0 radical (unpaired) electrons. The largest absolute Gasteiger partial charge is 0.277 e. The minimum Gasteiger partial charge on any atom is -0.277 e. The standard InChI is InChI=1S/C10H11N5/c1-8-9(7-11)10(14(2)12-8)13-15-5-3-4-6-15/h3-6,13H,1-2H3. The van der Waals surface area contributed by atoms with Crippen LogP contribution in [0.5, 0.6) is 0 Å². The summed E-state index contributed by atoms with van der Waals surface area (Å²) in [6.45, 7) is 1.82. The molecule has 0 atom stereocenters. The summed E-state index contributed by atoms with van der Waals surface area (Å²) >= 11 is 0. The van der Waals surface area contributed by atoms with Crippen molar-refractivity contribution in [3.63, 3.8) is 0 Å². The molecule has 0 fully saturated rings. The van der Waals surface area contributed by atoms with E-state index < -0.39 is 0 Å². The Labute approximate surface area is 87.5 Å². The van der Waals surface area contributed by atoms with Crippen molar-refractivity contribution < 1.29 is 0 Å². The van der Waals surface area contributed by atoms with Crippen LogP contribution in [-0.2, 0) is 7.05 Å². The second kappa shape index (κ2) is 3.50. The second-order valence-corrected chi connectivity index (χ2v) is 3.25. The average molecular weight is 201 g/mol. The Morgan fingerprint density at radius 2 is 2.07 bits per heavy atom. The average Bonchev–Trinajstić information content (AvgIpc) is 2.77. The van der Waals surface area contributed by atoms with Crippen LogP contribution in [0.2, 0.25) is 0 Å². The summed E-state index contributed by atoms with van der Waals surface area (Å²) in [4.78, 5) is 0. The fraction of sp³-hybridized carbons (Fsp3) is 0.200. The van der Waals surface area contributed by atoms with Gasteiger partial charge in [-0.15, -0.1) is 0 Å². The fourth-order valence-electron chi connectivity index (χ4n) is 1.45. The van der Waals surface area contributed by atoms with Gasteiger partial charge in [-0.25, -0.2) is 0 Å². The summed E-state index contributed by atoms with van der Waals surface area (Å²) in [5, 5.41) is 13.2. The van der Waals surface area contributed by atoms with Gasteiger partial charge >= 0.3 is 0 Å². The highest BCUT2D eigenvalue weighted by molar-refractivity contribution is 5.54. The van der Waals surface area contributed by atoms with Gasteiger partial charge in [0, 0.05) is 19.4 Å². The van der Waals surface area contributed by atoms with Gasteiger partial charge < -0.3 is 0 Å². The minimum absolute atomic E-state index is 0.575. The van der Waals surface area contributed by atoms with Gasteiger partial charge in [-0.05, 0) is 19.1 Å². The molecule has 5 nitrogen and oxygen atoms in total. The van der Waals surface area contributed by atoms with E-state index in [4.69, 9.17) is 5.26 Å². The Kier molecular flexibility index (Phi) is 2.18. The molecule has 0 amide bonds. The van der Waals surface area contributed by atoms with Crippen molar-refractivity contribution in [3.8, 4) is 6.07 Å². The lowest BCUT2D eigenvalue weighted by Gasteiger charge is -2.07. The van der Waals surface area contributed by atoms with Gasteiger partial charge in [0.05, 0.1) is 5.69 Å². The number of hydrogen-bond donors (Lipinski definition) is 1. The Hall–Kier alpha value is -2.22. The van der Waals surface area contributed by atoms with Gasteiger partial charge in [0.2, 0.25) is 0 Å². The Morgan fingerprint density at radius 1 is 1.40 bits per heavy atom. The lowest BCUT2D eigenvalue weighted by Crippen LogP contribution is -2.10. The molecule has 2 aromatic heterocycles. The summed E-state index contributed by atoms with van der Waals surface area (Å²) in [7, 11) is 1.81. The molecule has 0 bridgehead atoms. The summed E-state index contributed by atoms with van der Waals surface area (Å²) in [5.74, 6) is 0.700. The maximum absolute atomic E-state index is 8.99. The van der Waals surface area contributed by atoms with Gasteiger partial charge in [-0.2, -0.15) is 10.4 Å². The van der Waals surface area contributed by atoms with Crippen LogP contribution in [0, 0.1) is 18.3 Å². The van der Waals surface area contributed by atoms with Crippen LogP contribution >= 0.6 is 0 Å². The number of nitriles is 1. The third-order valence-electron chi connectivity index (χ3n) is 2.17. The quantitative estimate of drug-likeness (QED) is 0.796. The van der Waals surface area contributed by atoms with E-state index in [1.165, 1.54) is 0 Å². The van der Waals surface area contributed by atoms with E-state index in [0.29, 0.717) is 11.4 Å². The Morgan fingerprint density at radius 3 is 2.67 bits per heavy atom. The van der Waals surface area contributed by atoms with Crippen LogP contribution in [-0.4, -0.2) is 14.5 Å². The zero-order valence-corrected chi connectivity index (χ0v) is 8.60. The van der Waals surface area contributed by atoms with E-state index in [2.05, 4.69) is 16.6 Å². The van der Waals surface area contributed by atoms with E-state index in [-0.39, 0.29) is 0 Å². The lowest BCUT2D eigenvalue weighted by molar-refractivity contribution is 0.748. The van der Waals surface area contributed by atoms with Crippen LogP contribution in [0.4, 0.5) is 5.82 Å². The topological polar surface area (TPSA) is 58.6 Å². The number of nitrogens with zero attached hydrogens (tertiary/aromatic N) is 4. The van der Waals surface area contributed by atoms with Crippen molar-refractivity contribution in [2.45, 2.75) is 6.92 Å². The monoisotopic (exact) mass is 201 g/mol. The van der Waals surface area contributed by atoms with E-state index in [1.54, 1.807) is 16.4 Å². The number of aryl methyl sites for hydroxylation is 2. The summed E-state index contributed by atoms with van der Waals surface area (Å²) in [6.07, 6.45) is 3.73. The van der Waals surface area contributed by atoms with Gasteiger partial charge in [-0.3, -0.25) is 14.8 Å². The van der Waals surface area contributed by atoms with E-state index in [1.807, 2.05) is 31.5 Å². The first kappa shape index (κ1) is 9.34. The number of anilines is 1. The molecule has 0 saturated carbocycles. The van der Waals surface area contributed by atoms with Crippen molar-refractivity contribution in [2.24, 2.45) is 7.05 Å². The smallest absolute Gasteiger partial charge is 0.161 e. The maximum atomic E-state index is 8.99. The molecule has 0 aliphatic carbocycles. The summed E-state index contributed by atoms with van der Waals surface area (Å²) in [5.41, 5.74) is 4.39. The van der Waals surface area contributed by atoms with Crippen LogP contribution in [0.25, 0.3) is 0 Å². The maximum Gasteiger partial charge on any atom is 0.161 e. The molecule has 0 saturated heterocycles. The molecule has 1 N–H and O–H groups in total. The van der Waals surface area contributed by atoms with E-state index in [0.717, 1.165) is 5.69 Å². The molecule has 0 unspecified atom stereocenters. The Bertz CT molecular complexity index is 501. The molecule has 76 valence electrons. The fourth-order valence-corrected chi connectivity index (χ4v) is 1.45. The van der Waals surface area contributed by atoms with Crippen LogP contribution in [0.3, 0.4) is 0 Å². The lowest BCUT2D eigenvalue weighted by atomic mass is 10.3. The summed E-state index contributed by atoms with van der Waals surface area (Å²) < 4.78 is 3.44. The number of nitrogens with one attached hydrogen (secondary N) is 1. The van der Waals surface area contributed by atoms with Gasteiger partial charge in [0.25, 0.3) is 0 Å². The van der Waals surface area contributed by atoms with Gasteiger partial charge in [-0.1, -0.05) is 0 Å². The number of rotatable bonds is 2. The van der Waals surface area contributed by atoms with Crippen LogP contribution in [0.1, 0.15) is 11.3 Å². The molecule has 2 aromatic rings. The van der Waals surface area contributed by atoms with Gasteiger partial charge in [0.1, 0.15) is 11.6 Å². The highest BCUT2D eigenvalue weighted by Gasteiger charge is 2.12. The van der Waals surface area contributed by atoms with Crippen molar-refractivity contribution >= 4 is 5.82 Å². The third kappa shape index (κ3) is 1.57. The van der Waals surface area contributed by atoms with Gasteiger partial charge in [0.15, 0.2) is 5.82 Å². The predicted octanol–water partition coefficient (Wildman–Crippen LogP) is 1.28. The zero-order chi connectivity index (χ0) is 10.8. The highest BCUT2D eigenvalue weighted by atomic mass is 15.5. The molecular formula is C10H11N5. The first-order chi connectivity index (χ1) is 7.22. The molecule has 2 heterocycles. The highest BCUT2D eigenvalue weighted by Crippen LogP contribution is 2.17. The zero-order valence-electron chi connectivity index (χ0n) is 8.60. The van der Waals surface area contributed by atoms with Crippen molar-refractivity contribution in [1.82, 2.24) is 14.5 Å². The van der Waals surface area contributed by atoms with Crippen molar-refractivity contribution in [2.75, 3.05) is 5.43 Å². The van der Waals surface area contributed by atoms with Crippen LogP contribution in [0.15, 0.2) is 24.5 Å². The first-order valence-electron chi connectivity index (χ1n) is 4.56. The molecule has 0 aromatic carbocycles. The molecule has 15 heavy (non-hydrogen) atoms. The molecule has 5 heteroatoms. The molecular weight excluding hydrogens is 190 g/mol. The molecule has 0 spiro atoms. The number of aromatic nitrogens is 3. The summed E-state index contributed by atoms with van der Waals surface area (Å²) in [6, 6.07) is 5.95. The SMILES string of the molecule is Cc1nn(C)c(Nn2cccc2)c1C#N. The normalized spacial score (nSPS) is 9.93. The van der Waals surface area contributed by atoms with Crippen LogP contribution < -0.4 is 5.43 Å². The van der Waals surface area contributed by atoms with E-state index in [9.17, 15) is 0 Å². The van der Waals surface area contributed by atoms with Crippen molar-refractivity contribution in [1.29, 1.82) is 5.26 Å². The molecule has 0 aliphatic rings. The second-order valence-electron chi connectivity index (χ2n) is 3.25. The first-order valence-corrected chi connectivity index (χ1v) is 4.56. The molecule has 2 rings (SSSR count).